The largest absolute Gasteiger partial charge is 0.452 e. The molecule has 0 amide bonds. The number of para-hydroxylation sites is 3. The van der Waals surface area contributed by atoms with Crippen LogP contribution >= 0.6 is 0 Å². The lowest BCUT2D eigenvalue weighted by Crippen LogP contribution is -2.15. The van der Waals surface area contributed by atoms with Crippen LogP contribution in [0, 0.1) is 0 Å². The van der Waals surface area contributed by atoms with Gasteiger partial charge in [0, 0.05) is 32.7 Å². The van der Waals surface area contributed by atoms with Gasteiger partial charge in [-0.25, -0.2) is 9.97 Å². The molecular weight excluding hydrogens is 574 g/mol. The standard InChI is InChI=1S/C43H29N3O/c1-43(2)32-20-10-6-16-27(32)28-24-25-35-37(38(28)43)29-17-7-11-21-33(29)46(35)34-22-12-8-18-30(34)42-44-39(26-14-4-3-5-15-26)41-40(45-42)31-19-9-13-23-36(31)47-41/h3-25H,1-2H3. The SMILES string of the molecule is CC1(C)c2ccccc2-c2ccc3c(c21)c1ccccc1n3-c1ccccc1-c1nc(-c2ccccc2)c2oc3ccccc3c2n1. The van der Waals surface area contributed by atoms with Crippen LogP contribution in [0.1, 0.15) is 25.0 Å². The second-order valence-corrected chi connectivity index (χ2v) is 13.0. The molecule has 4 nitrogen and oxygen atoms in total. The fourth-order valence-corrected chi connectivity index (χ4v) is 7.95. The van der Waals surface area contributed by atoms with Crippen LogP contribution in [0.5, 0.6) is 0 Å². The Kier molecular flexibility index (Phi) is 5.31. The van der Waals surface area contributed by atoms with Gasteiger partial charge < -0.3 is 8.98 Å². The predicted molar refractivity (Wildman–Crippen MR) is 192 cm³/mol. The maximum Gasteiger partial charge on any atom is 0.180 e. The molecule has 10 rings (SSSR count). The summed E-state index contributed by atoms with van der Waals surface area (Å²) >= 11 is 0. The zero-order valence-corrected chi connectivity index (χ0v) is 26.0. The molecule has 4 heteroatoms. The minimum atomic E-state index is -0.138. The lowest BCUT2D eigenvalue weighted by molar-refractivity contribution is 0.666. The second-order valence-electron chi connectivity index (χ2n) is 13.0. The summed E-state index contributed by atoms with van der Waals surface area (Å²) in [6.45, 7) is 4.72. The summed E-state index contributed by atoms with van der Waals surface area (Å²) < 4.78 is 8.81. The van der Waals surface area contributed by atoms with Crippen LogP contribution in [0.4, 0.5) is 0 Å². The highest BCUT2D eigenvalue weighted by Gasteiger charge is 2.38. The van der Waals surface area contributed by atoms with Gasteiger partial charge in [-0.15, -0.1) is 0 Å². The molecule has 0 unspecified atom stereocenters. The number of furan rings is 1. The molecule has 47 heavy (non-hydrogen) atoms. The van der Waals surface area contributed by atoms with Crippen molar-refractivity contribution in [1.82, 2.24) is 14.5 Å². The van der Waals surface area contributed by atoms with E-state index in [4.69, 9.17) is 14.4 Å². The van der Waals surface area contributed by atoms with Crippen LogP contribution in [-0.4, -0.2) is 14.5 Å². The number of fused-ring (bicyclic) bond motifs is 10. The Balaban J connectivity index is 1.29. The third kappa shape index (κ3) is 3.58. The highest BCUT2D eigenvalue weighted by atomic mass is 16.3. The molecule has 3 aromatic heterocycles. The predicted octanol–water partition coefficient (Wildman–Crippen LogP) is 11.1. The van der Waals surface area contributed by atoms with E-state index in [0.29, 0.717) is 11.4 Å². The van der Waals surface area contributed by atoms with Gasteiger partial charge in [0.2, 0.25) is 0 Å². The number of aromatic nitrogens is 3. The van der Waals surface area contributed by atoms with Crippen LogP contribution < -0.4 is 0 Å². The fraction of sp³-hybridized carbons (Fsp3) is 0.0698. The Morgan fingerprint density at radius 3 is 2.15 bits per heavy atom. The second kappa shape index (κ2) is 9.51. The van der Waals surface area contributed by atoms with Crippen molar-refractivity contribution in [2.24, 2.45) is 0 Å². The molecular formula is C43H29N3O. The van der Waals surface area contributed by atoms with Gasteiger partial charge in [0.1, 0.15) is 16.8 Å². The highest BCUT2D eigenvalue weighted by molar-refractivity contribution is 6.15. The highest BCUT2D eigenvalue weighted by Crippen LogP contribution is 2.53. The zero-order valence-electron chi connectivity index (χ0n) is 26.0. The molecule has 0 saturated carbocycles. The molecule has 0 bridgehead atoms. The van der Waals surface area contributed by atoms with Gasteiger partial charge in [-0.2, -0.15) is 0 Å². The third-order valence-corrected chi connectivity index (χ3v) is 10.0. The van der Waals surface area contributed by atoms with Crippen molar-refractivity contribution in [3.05, 3.63) is 151 Å². The first-order valence-electron chi connectivity index (χ1n) is 16.1. The molecule has 0 spiro atoms. The van der Waals surface area contributed by atoms with E-state index < -0.39 is 0 Å². The van der Waals surface area contributed by atoms with Gasteiger partial charge in [0.05, 0.1) is 16.7 Å². The van der Waals surface area contributed by atoms with Gasteiger partial charge in [0.15, 0.2) is 11.4 Å². The fourth-order valence-electron chi connectivity index (χ4n) is 7.95. The van der Waals surface area contributed by atoms with E-state index in [1.807, 2.05) is 36.4 Å². The van der Waals surface area contributed by atoms with E-state index in [0.717, 1.165) is 44.5 Å². The molecule has 0 fully saturated rings. The summed E-state index contributed by atoms with van der Waals surface area (Å²) in [6.07, 6.45) is 0. The minimum Gasteiger partial charge on any atom is -0.452 e. The Hall–Kier alpha value is -6.00. The first-order chi connectivity index (χ1) is 23.1. The van der Waals surface area contributed by atoms with Gasteiger partial charge in [-0.1, -0.05) is 117 Å². The molecule has 3 heterocycles. The van der Waals surface area contributed by atoms with E-state index in [-0.39, 0.29) is 5.41 Å². The molecule has 0 radical (unpaired) electrons. The number of hydrogen-bond donors (Lipinski definition) is 0. The van der Waals surface area contributed by atoms with Gasteiger partial charge in [-0.3, -0.25) is 0 Å². The van der Waals surface area contributed by atoms with Crippen LogP contribution in [0.3, 0.4) is 0 Å². The van der Waals surface area contributed by atoms with Crippen molar-refractivity contribution in [1.29, 1.82) is 0 Å². The Morgan fingerprint density at radius 1 is 0.574 bits per heavy atom. The number of nitrogens with zero attached hydrogens (tertiary/aromatic N) is 3. The van der Waals surface area contributed by atoms with Crippen molar-refractivity contribution >= 4 is 43.9 Å². The lowest BCUT2D eigenvalue weighted by atomic mass is 9.80. The van der Waals surface area contributed by atoms with Gasteiger partial charge >= 0.3 is 0 Å². The maximum absolute atomic E-state index is 6.41. The van der Waals surface area contributed by atoms with Crippen molar-refractivity contribution in [2.75, 3.05) is 0 Å². The van der Waals surface area contributed by atoms with Crippen molar-refractivity contribution in [2.45, 2.75) is 19.3 Å². The first kappa shape index (κ1) is 26.2. The summed E-state index contributed by atoms with van der Waals surface area (Å²) in [5, 5.41) is 3.53. The Labute approximate surface area is 271 Å². The van der Waals surface area contributed by atoms with E-state index in [9.17, 15) is 0 Å². The normalized spacial score (nSPS) is 13.5. The lowest BCUT2D eigenvalue weighted by Gasteiger charge is -2.22. The van der Waals surface area contributed by atoms with Crippen LogP contribution in [0.2, 0.25) is 0 Å². The monoisotopic (exact) mass is 603 g/mol. The summed E-state index contributed by atoms with van der Waals surface area (Å²) in [4.78, 5) is 10.5. The number of hydrogen-bond acceptors (Lipinski definition) is 3. The van der Waals surface area contributed by atoms with Crippen LogP contribution in [0.25, 0.3) is 83.3 Å². The number of rotatable bonds is 3. The number of benzene rings is 6. The summed E-state index contributed by atoms with van der Waals surface area (Å²) in [5.74, 6) is 0.665. The maximum atomic E-state index is 6.41. The molecule has 6 aromatic carbocycles. The molecule has 1 aliphatic carbocycles. The quantitative estimate of drug-likeness (QED) is 0.202. The average molecular weight is 604 g/mol. The summed E-state index contributed by atoms with van der Waals surface area (Å²) in [7, 11) is 0. The Morgan fingerprint density at radius 2 is 1.28 bits per heavy atom. The molecule has 0 N–H and O–H groups in total. The van der Waals surface area contributed by atoms with E-state index >= 15 is 0 Å². The van der Waals surface area contributed by atoms with E-state index in [1.54, 1.807) is 0 Å². The average Bonchev–Trinajstić information content (AvgIpc) is 3.74. The molecule has 1 aliphatic rings. The minimum absolute atomic E-state index is 0.138. The van der Waals surface area contributed by atoms with Gasteiger partial charge in [-0.05, 0) is 58.7 Å². The topological polar surface area (TPSA) is 43.9 Å². The summed E-state index contributed by atoms with van der Waals surface area (Å²) in [6, 6.07) is 49.1. The van der Waals surface area contributed by atoms with Crippen molar-refractivity contribution < 1.29 is 4.42 Å². The van der Waals surface area contributed by atoms with E-state index in [2.05, 4.69) is 122 Å². The smallest absolute Gasteiger partial charge is 0.180 e. The van der Waals surface area contributed by atoms with Gasteiger partial charge in [0.25, 0.3) is 0 Å². The van der Waals surface area contributed by atoms with Crippen molar-refractivity contribution in [3.63, 3.8) is 0 Å². The first-order valence-corrected chi connectivity index (χ1v) is 16.1. The van der Waals surface area contributed by atoms with Crippen molar-refractivity contribution in [3.8, 4) is 39.5 Å². The summed E-state index contributed by atoms with van der Waals surface area (Å²) in [5.41, 5.74) is 13.7. The molecule has 0 atom stereocenters. The third-order valence-electron chi connectivity index (χ3n) is 10.0. The zero-order chi connectivity index (χ0) is 31.3. The molecule has 0 aliphatic heterocycles. The van der Waals surface area contributed by atoms with E-state index in [1.165, 1.54) is 38.5 Å². The molecule has 222 valence electrons. The molecule has 9 aromatic rings. The Bertz CT molecular complexity index is 2710. The molecule has 0 saturated heterocycles. The van der Waals surface area contributed by atoms with Crippen LogP contribution in [0.15, 0.2) is 144 Å². The van der Waals surface area contributed by atoms with Crippen LogP contribution in [-0.2, 0) is 5.41 Å².